The zero-order chi connectivity index (χ0) is 26.0. The number of para-hydroxylation sites is 1. The summed E-state index contributed by atoms with van der Waals surface area (Å²) >= 11 is 6.10. The molecule has 0 atom stereocenters. The Morgan fingerprint density at radius 3 is 2.51 bits per heavy atom. The molecule has 3 aliphatic rings. The van der Waals surface area contributed by atoms with Crippen LogP contribution in [-0.4, -0.2) is 54.8 Å². The van der Waals surface area contributed by atoms with E-state index in [4.69, 9.17) is 21.7 Å². The maximum atomic E-state index is 13.4. The molecule has 0 unspecified atom stereocenters. The van der Waals surface area contributed by atoms with Crippen molar-refractivity contribution in [3.8, 4) is 0 Å². The van der Waals surface area contributed by atoms with Gasteiger partial charge in [-0.3, -0.25) is 9.59 Å². The Kier molecular flexibility index (Phi) is 6.86. The molecule has 2 saturated heterocycles. The highest BCUT2D eigenvalue weighted by atomic mass is 35.5. The standard InChI is InChI=1S/C28H32ClN5O3/c1-27(10-11-27)18-37-24(25(35)32-21-7-5-6-20(29)16-21)23(17-30)33-14-12-28(13-15-33)26(36)31-19-34(28)22-8-3-2-4-9-22/h2-9,16-17,30H,10-15,18-19H2,1H3,(H,31,36)(H,32,35). The molecule has 37 heavy (non-hydrogen) atoms. The van der Waals surface area contributed by atoms with E-state index in [0.717, 1.165) is 18.5 Å². The van der Waals surface area contributed by atoms with Crippen LogP contribution in [0.4, 0.5) is 11.4 Å². The predicted octanol–water partition coefficient (Wildman–Crippen LogP) is 4.38. The van der Waals surface area contributed by atoms with Gasteiger partial charge in [0.25, 0.3) is 5.91 Å². The first kappa shape index (κ1) is 25.1. The van der Waals surface area contributed by atoms with E-state index < -0.39 is 11.4 Å². The predicted molar refractivity (Wildman–Crippen MR) is 145 cm³/mol. The van der Waals surface area contributed by atoms with Crippen molar-refractivity contribution in [2.24, 2.45) is 5.41 Å². The molecule has 8 nitrogen and oxygen atoms in total. The van der Waals surface area contributed by atoms with Crippen LogP contribution in [0, 0.1) is 10.8 Å². The van der Waals surface area contributed by atoms with Gasteiger partial charge in [0.15, 0.2) is 0 Å². The Morgan fingerprint density at radius 1 is 1.14 bits per heavy atom. The van der Waals surface area contributed by atoms with Gasteiger partial charge >= 0.3 is 0 Å². The van der Waals surface area contributed by atoms with E-state index in [9.17, 15) is 9.59 Å². The maximum absolute atomic E-state index is 13.4. The first-order valence-corrected chi connectivity index (χ1v) is 13.0. The third kappa shape index (κ3) is 5.16. The molecule has 3 fully saturated rings. The summed E-state index contributed by atoms with van der Waals surface area (Å²) in [6.45, 7) is 4.02. The Morgan fingerprint density at radius 2 is 1.86 bits per heavy atom. The summed E-state index contributed by atoms with van der Waals surface area (Å²) in [5.41, 5.74) is 1.37. The highest BCUT2D eigenvalue weighted by Gasteiger charge is 2.50. The highest BCUT2D eigenvalue weighted by Crippen LogP contribution is 2.45. The quantitative estimate of drug-likeness (QED) is 0.272. The van der Waals surface area contributed by atoms with Crippen molar-refractivity contribution in [2.75, 3.05) is 36.6 Å². The normalized spacial score (nSPS) is 20.2. The molecule has 1 aliphatic carbocycles. The van der Waals surface area contributed by atoms with E-state index in [1.165, 1.54) is 6.21 Å². The summed E-state index contributed by atoms with van der Waals surface area (Å²) in [5.74, 6) is -0.280. The Hall–Kier alpha value is -3.52. The smallest absolute Gasteiger partial charge is 0.293 e. The van der Waals surface area contributed by atoms with Gasteiger partial charge in [0, 0.05) is 41.1 Å². The lowest BCUT2D eigenvalue weighted by Gasteiger charge is -2.44. The van der Waals surface area contributed by atoms with Crippen molar-refractivity contribution >= 4 is 41.0 Å². The number of nitrogens with one attached hydrogen (secondary N) is 3. The van der Waals surface area contributed by atoms with Crippen LogP contribution in [0.3, 0.4) is 0 Å². The number of nitrogens with zero attached hydrogens (tertiary/aromatic N) is 2. The van der Waals surface area contributed by atoms with Gasteiger partial charge in [-0.15, -0.1) is 0 Å². The van der Waals surface area contributed by atoms with Gasteiger partial charge in [0.2, 0.25) is 11.7 Å². The highest BCUT2D eigenvalue weighted by molar-refractivity contribution is 6.31. The van der Waals surface area contributed by atoms with Crippen LogP contribution < -0.4 is 15.5 Å². The van der Waals surface area contributed by atoms with Crippen LogP contribution in [0.5, 0.6) is 0 Å². The van der Waals surface area contributed by atoms with E-state index in [1.54, 1.807) is 24.3 Å². The number of hydrogen-bond donors (Lipinski definition) is 3. The van der Waals surface area contributed by atoms with Gasteiger partial charge in [-0.2, -0.15) is 0 Å². The molecule has 1 spiro atoms. The van der Waals surface area contributed by atoms with Crippen LogP contribution in [0.2, 0.25) is 5.02 Å². The molecule has 9 heteroatoms. The molecule has 0 bridgehead atoms. The van der Waals surface area contributed by atoms with Crippen LogP contribution >= 0.6 is 11.6 Å². The number of halogens is 1. The molecule has 2 aromatic carbocycles. The van der Waals surface area contributed by atoms with Crippen LogP contribution in [0.1, 0.15) is 32.6 Å². The van der Waals surface area contributed by atoms with Crippen LogP contribution in [0.15, 0.2) is 66.1 Å². The number of likely N-dealkylation sites (tertiary alicyclic amines) is 1. The van der Waals surface area contributed by atoms with Crippen molar-refractivity contribution < 1.29 is 14.3 Å². The zero-order valence-electron chi connectivity index (χ0n) is 20.9. The second kappa shape index (κ2) is 10.1. The van der Waals surface area contributed by atoms with Gasteiger partial charge in [-0.05, 0) is 56.0 Å². The van der Waals surface area contributed by atoms with E-state index in [2.05, 4.69) is 22.5 Å². The summed E-state index contributed by atoms with van der Waals surface area (Å²) in [4.78, 5) is 30.6. The van der Waals surface area contributed by atoms with E-state index in [0.29, 0.717) is 55.6 Å². The molecular formula is C28H32ClN5O3. The second-order valence-corrected chi connectivity index (χ2v) is 10.8. The third-order valence-corrected chi connectivity index (χ3v) is 7.90. The van der Waals surface area contributed by atoms with Crippen molar-refractivity contribution in [2.45, 2.75) is 38.1 Å². The van der Waals surface area contributed by atoms with Crippen molar-refractivity contribution in [1.82, 2.24) is 10.2 Å². The summed E-state index contributed by atoms with van der Waals surface area (Å²) in [6, 6.07) is 16.9. The SMILES string of the molecule is CC1(COC(C(=O)Nc2cccc(Cl)c2)=C(C=N)N2CCC3(CC2)C(=O)NCN3c2ccccc2)CC1. The molecule has 3 N–H and O–H groups in total. The summed E-state index contributed by atoms with van der Waals surface area (Å²) in [6.07, 6.45) is 4.40. The maximum Gasteiger partial charge on any atom is 0.293 e. The number of carbonyl (C=O) groups is 2. The van der Waals surface area contributed by atoms with Gasteiger partial charge in [-0.1, -0.05) is 42.8 Å². The minimum absolute atomic E-state index is 0.0215. The van der Waals surface area contributed by atoms with Crippen molar-refractivity contribution in [3.05, 3.63) is 71.1 Å². The lowest BCUT2D eigenvalue weighted by molar-refractivity contribution is -0.125. The summed E-state index contributed by atoms with van der Waals surface area (Å²) < 4.78 is 6.12. The second-order valence-electron chi connectivity index (χ2n) is 10.4. The average Bonchev–Trinajstić information content (AvgIpc) is 3.56. The number of piperidine rings is 1. The summed E-state index contributed by atoms with van der Waals surface area (Å²) in [5, 5.41) is 14.6. The molecule has 5 rings (SSSR count). The number of anilines is 2. The number of allylic oxidation sites excluding steroid dienone is 1. The topological polar surface area (TPSA) is 97.8 Å². The summed E-state index contributed by atoms with van der Waals surface area (Å²) in [7, 11) is 0. The largest absolute Gasteiger partial charge is 0.486 e. The zero-order valence-corrected chi connectivity index (χ0v) is 21.7. The molecule has 1 saturated carbocycles. The number of hydrogen-bond acceptors (Lipinski definition) is 6. The van der Waals surface area contributed by atoms with Crippen LogP contribution in [-0.2, 0) is 14.3 Å². The van der Waals surface area contributed by atoms with Crippen molar-refractivity contribution in [3.63, 3.8) is 0 Å². The molecule has 194 valence electrons. The fourth-order valence-corrected chi connectivity index (χ4v) is 5.25. The number of ether oxygens (including phenoxy) is 1. The third-order valence-electron chi connectivity index (χ3n) is 7.66. The average molecular weight is 522 g/mol. The molecule has 0 aromatic heterocycles. The van der Waals surface area contributed by atoms with Crippen LogP contribution in [0.25, 0.3) is 0 Å². The first-order valence-electron chi connectivity index (χ1n) is 12.6. The monoisotopic (exact) mass is 521 g/mol. The Labute approximate surface area is 222 Å². The fraction of sp³-hybridized carbons (Fsp3) is 0.393. The van der Waals surface area contributed by atoms with Gasteiger partial charge in [-0.25, -0.2) is 0 Å². The molecule has 0 radical (unpaired) electrons. The van der Waals surface area contributed by atoms with Gasteiger partial charge in [0.05, 0.1) is 13.3 Å². The lowest BCUT2D eigenvalue weighted by atomic mass is 9.85. The Balaban J connectivity index is 1.39. The van der Waals surface area contributed by atoms with Gasteiger partial charge in [0.1, 0.15) is 11.2 Å². The number of amides is 2. The van der Waals surface area contributed by atoms with E-state index in [1.807, 2.05) is 35.2 Å². The minimum atomic E-state index is -0.656. The number of carbonyl (C=O) groups excluding carboxylic acids is 2. The van der Waals surface area contributed by atoms with E-state index >= 15 is 0 Å². The minimum Gasteiger partial charge on any atom is -0.486 e. The molecule has 2 aromatic rings. The fourth-order valence-electron chi connectivity index (χ4n) is 5.06. The van der Waals surface area contributed by atoms with Gasteiger partial charge < -0.3 is 30.6 Å². The van der Waals surface area contributed by atoms with E-state index in [-0.39, 0.29) is 17.1 Å². The molecular weight excluding hydrogens is 490 g/mol. The Bertz CT molecular complexity index is 1220. The van der Waals surface area contributed by atoms with Crippen molar-refractivity contribution in [1.29, 1.82) is 5.41 Å². The number of benzene rings is 2. The molecule has 2 amide bonds. The molecule has 2 aliphatic heterocycles. The lowest BCUT2D eigenvalue weighted by Crippen LogP contribution is -2.56. The first-order chi connectivity index (χ1) is 17.8. The molecule has 2 heterocycles. The number of rotatable bonds is 8.